The van der Waals surface area contributed by atoms with Crippen LogP contribution >= 0.6 is 11.3 Å². The fourth-order valence-electron chi connectivity index (χ4n) is 4.06. The Balaban J connectivity index is 2.00. The summed E-state index contributed by atoms with van der Waals surface area (Å²) in [5, 5.41) is 22.8. The second-order valence-electron chi connectivity index (χ2n) is 8.24. The molecular weight excluding hydrogens is 486 g/mol. The maximum atomic E-state index is 13.3. The largest absolute Gasteiger partial charge is 0.507 e. The molecule has 36 heavy (non-hydrogen) atoms. The minimum atomic E-state index is -1.22. The van der Waals surface area contributed by atoms with Crippen molar-refractivity contribution in [3.8, 4) is 0 Å². The van der Waals surface area contributed by atoms with Crippen LogP contribution in [0, 0.1) is 30.9 Å². The number of hydrogen-bond donors (Lipinski definition) is 1. The molecule has 1 unspecified atom stereocenters. The molecule has 1 aromatic heterocycles. The van der Waals surface area contributed by atoms with Gasteiger partial charge >= 0.3 is 11.9 Å². The van der Waals surface area contributed by atoms with E-state index in [1.807, 2.05) is 13.0 Å². The number of esters is 1. The highest BCUT2D eigenvalue weighted by Crippen LogP contribution is 2.44. The van der Waals surface area contributed by atoms with E-state index < -0.39 is 34.4 Å². The number of nitrogens with zero attached hydrogens (tertiary/aromatic N) is 3. The summed E-state index contributed by atoms with van der Waals surface area (Å²) in [6, 6.07) is 9.55. The second-order valence-corrected chi connectivity index (χ2v) is 9.22. The van der Waals surface area contributed by atoms with E-state index in [-0.39, 0.29) is 32.5 Å². The normalized spacial score (nSPS) is 16.9. The molecule has 10 nitrogen and oxygen atoms in total. The van der Waals surface area contributed by atoms with Crippen LogP contribution in [0.25, 0.3) is 5.76 Å². The molecule has 0 radical (unpaired) electrons. The molecule has 4 rings (SSSR count). The lowest BCUT2D eigenvalue weighted by Crippen LogP contribution is -2.29. The minimum Gasteiger partial charge on any atom is -0.507 e. The molecule has 11 heteroatoms. The number of nitro benzene ring substituents is 1. The van der Waals surface area contributed by atoms with E-state index in [2.05, 4.69) is 4.98 Å². The third kappa shape index (κ3) is 4.13. The topological polar surface area (TPSA) is 140 Å². The van der Waals surface area contributed by atoms with Crippen LogP contribution in [0.2, 0.25) is 0 Å². The average Bonchev–Trinajstić information content (AvgIpc) is 3.36. The van der Waals surface area contributed by atoms with E-state index in [0.717, 1.165) is 21.8 Å². The number of thiazole rings is 1. The number of aliphatic hydroxyl groups is 1. The highest BCUT2D eigenvalue weighted by molar-refractivity contribution is 7.17. The fraction of sp³-hybridized carbons (Fsp3) is 0.200. The number of rotatable bonds is 5. The van der Waals surface area contributed by atoms with Crippen molar-refractivity contribution in [2.75, 3.05) is 12.0 Å². The number of methoxy groups -OCH3 is 1. The highest BCUT2D eigenvalue weighted by atomic mass is 32.1. The molecule has 1 aliphatic heterocycles. The van der Waals surface area contributed by atoms with Gasteiger partial charge in [0.25, 0.3) is 11.5 Å². The smallest absolute Gasteiger partial charge is 0.350 e. The van der Waals surface area contributed by atoms with Gasteiger partial charge in [0.15, 0.2) is 5.13 Å². The Bertz CT molecular complexity index is 1470. The first kappa shape index (κ1) is 24.7. The van der Waals surface area contributed by atoms with Crippen molar-refractivity contribution in [2.24, 2.45) is 0 Å². The van der Waals surface area contributed by atoms with E-state index in [1.165, 1.54) is 31.4 Å². The van der Waals surface area contributed by atoms with Gasteiger partial charge in [0.2, 0.25) is 0 Å². The molecule has 1 atom stereocenters. The fourth-order valence-corrected chi connectivity index (χ4v) is 5.07. The molecule has 2 heterocycles. The van der Waals surface area contributed by atoms with Crippen molar-refractivity contribution in [3.05, 3.63) is 91.0 Å². The van der Waals surface area contributed by atoms with Crippen LogP contribution in [0.4, 0.5) is 10.8 Å². The summed E-state index contributed by atoms with van der Waals surface area (Å²) in [5.41, 5.74) is 1.87. The number of carbonyl (C=O) groups is 3. The zero-order valence-corrected chi connectivity index (χ0v) is 20.6. The van der Waals surface area contributed by atoms with Gasteiger partial charge in [-0.05, 0) is 38.0 Å². The molecule has 3 aromatic rings. The number of nitro groups is 1. The Hall–Kier alpha value is -4.38. The lowest BCUT2D eigenvalue weighted by Gasteiger charge is -2.23. The average molecular weight is 508 g/mol. The summed E-state index contributed by atoms with van der Waals surface area (Å²) < 4.78 is 4.77. The number of carbonyl (C=O) groups excluding carboxylic acids is 3. The van der Waals surface area contributed by atoms with Crippen LogP contribution in [0.1, 0.15) is 43.7 Å². The third-order valence-electron chi connectivity index (χ3n) is 5.85. The quantitative estimate of drug-likeness (QED) is 0.134. The lowest BCUT2D eigenvalue weighted by molar-refractivity contribution is -0.384. The number of hydrogen-bond acceptors (Lipinski definition) is 9. The molecular formula is C25H21N3O7S. The van der Waals surface area contributed by atoms with Crippen LogP contribution in [0.5, 0.6) is 0 Å². The van der Waals surface area contributed by atoms with Crippen LogP contribution < -0.4 is 4.90 Å². The number of anilines is 1. The summed E-state index contributed by atoms with van der Waals surface area (Å²) in [5.74, 6) is -3.02. The zero-order valence-electron chi connectivity index (χ0n) is 19.8. The monoisotopic (exact) mass is 507 g/mol. The number of amides is 1. The predicted molar refractivity (Wildman–Crippen MR) is 132 cm³/mol. The van der Waals surface area contributed by atoms with Gasteiger partial charge in [-0.15, -0.1) is 0 Å². The number of non-ortho nitro benzene ring substituents is 1. The maximum absolute atomic E-state index is 13.3. The van der Waals surface area contributed by atoms with E-state index in [9.17, 15) is 29.6 Å². The highest BCUT2D eigenvalue weighted by Gasteiger charge is 2.48. The van der Waals surface area contributed by atoms with Gasteiger partial charge in [-0.25, -0.2) is 9.78 Å². The van der Waals surface area contributed by atoms with Crippen LogP contribution in [-0.2, 0) is 14.3 Å². The van der Waals surface area contributed by atoms with Crippen LogP contribution in [0.3, 0.4) is 0 Å². The Morgan fingerprint density at radius 2 is 1.89 bits per heavy atom. The number of benzene rings is 2. The first-order valence-electron chi connectivity index (χ1n) is 10.7. The van der Waals surface area contributed by atoms with Gasteiger partial charge in [-0.2, -0.15) is 0 Å². The van der Waals surface area contributed by atoms with Gasteiger partial charge in [0.05, 0.1) is 29.3 Å². The molecule has 0 aliphatic carbocycles. The molecule has 1 aliphatic rings. The summed E-state index contributed by atoms with van der Waals surface area (Å²) >= 11 is 0.848. The van der Waals surface area contributed by atoms with E-state index in [1.54, 1.807) is 26.0 Å². The Labute approximate surface area is 209 Å². The van der Waals surface area contributed by atoms with Crippen molar-refractivity contribution in [1.82, 2.24) is 4.98 Å². The Morgan fingerprint density at radius 3 is 2.56 bits per heavy atom. The maximum Gasteiger partial charge on any atom is 0.350 e. The molecule has 2 aromatic carbocycles. The zero-order chi connectivity index (χ0) is 26.3. The summed E-state index contributed by atoms with van der Waals surface area (Å²) in [4.78, 5) is 55.2. The van der Waals surface area contributed by atoms with Crippen LogP contribution in [-0.4, -0.2) is 39.8 Å². The van der Waals surface area contributed by atoms with Gasteiger partial charge < -0.3 is 9.84 Å². The lowest BCUT2D eigenvalue weighted by atomic mass is 9.93. The second kappa shape index (κ2) is 9.34. The van der Waals surface area contributed by atoms with Crippen molar-refractivity contribution in [2.45, 2.75) is 26.8 Å². The van der Waals surface area contributed by atoms with Crippen molar-refractivity contribution in [1.29, 1.82) is 0 Å². The Kier molecular flexibility index (Phi) is 6.42. The van der Waals surface area contributed by atoms with Gasteiger partial charge in [0.1, 0.15) is 10.6 Å². The first-order chi connectivity index (χ1) is 17.0. The Morgan fingerprint density at radius 1 is 1.17 bits per heavy atom. The van der Waals surface area contributed by atoms with Gasteiger partial charge in [-0.3, -0.25) is 24.6 Å². The minimum absolute atomic E-state index is 0.0199. The van der Waals surface area contributed by atoms with Crippen molar-refractivity contribution < 1.29 is 29.2 Å². The molecule has 1 amide bonds. The molecule has 1 fully saturated rings. The SMILES string of the molecule is COC(=O)c1sc(N2C(=O)C(=O)C(=C(O)c3cc(C)ccc3C)C2c2cccc([N+](=O)[O-])c2)nc1C. The van der Waals surface area contributed by atoms with Crippen LogP contribution in [0.15, 0.2) is 48.0 Å². The molecule has 0 bridgehead atoms. The summed E-state index contributed by atoms with van der Waals surface area (Å²) in [6.45, 7) is 5.13. The number of Topliss-reactive ketones (excluding diaryl/α,β-unsaturated/α-hetero) is 1. The molecule has 1 saturated heterocycles. The molecule has 184 valence electrons. The van der Waals surface area contributed by atoms with Crippen molar-refractivity contribution >= 4 is 45.6 Å². The van der Waals surface area contributed by atoms with Gasteiger partial charge in [-0.1, -0.05) is 41.2 Å². The van der Waals surface area contributed by atoms with Crippen molar-refractivity contribution in [3.63, 3.8) is 0 Å². The standard InChI is InChI=1S/C25H21N3O7S/c1-12-8-9-13(2)17(10-12)20(29)18-19(15-6-5-7-16(11-15)28(33)34)27(23(31)21(18)30)25-26-14(3)22(36-25)24(32)35-4/h5-11,19,29H,1-4H3. The molecule has 1 N–H and O–H groups in total. The summed E-state index contributed by atoms with van der Waals surface area (Å²) in [6.07, 6.45) is 0. The van der Waals surface area contributed by atoms with E-state index in [4.69, 9.17) is 4.74 Å². The molecule has 0 spiro atoms. The number of aliphatic hydroxyl groups excluding tert-OH is 1. The number of ether oxygens (including phenoxy) is 1. The first-order valence-corrected chi connectivity index (χ1v) is 11.6. The molecule has 0 saturated carbocycles. The number of ketones is 1. The van der Waals surface area contributed by atoms with E-state index >= 15 is 0 Å². The third-order valence-corrected chi connectivity index (χ3v) is 6.99. The summed E-state index contributed by atoms with van der Waals surface area (Å²) in [7, 11) is 1.21. The number of aromatic nitrogens is 1. The van der Waals surface area contributed by atoms with Gasteiger partial charge in [0, 0.05) is 17.7 Å². The number of aryl methyl sites for hydroxylation is 3. The van der Waals surface area contributed by atoms with E-state index in [0.29, 0.717) is 11.1 Å². The predicted octanol–water partition coefficient (Wildman–Crippen LogP) is 4.39.